The molecule has 1 aromatic heterocycles. The molecule has 2 rings (SSSR count). The second kappa shape index (κ2) is 6.20. The molecule has 6 nitrogen and oxygen atoms in total. The van der Waals surface area contributed by atoms with Gasteiger partial charge >= 0.3 is 12.0 Å². The van der Waals surface area contributed by atoms with Crippen LogP contribution in [0.5, 0.6) is 0 Å². The number of nitrogens with zero attached hydrogens (tertiary/aromatic N) is 1. The third-order valence-electron chi connectivity index (χ3n) is 3.65. The van der Waals surface area contributed by atoms with E-state index in [0.29, 0.717) is 17.4 Å². The number of carbonyl (C=O) groups is 2. The molecule has 0 radical (unpaired) electrons. The topological polar surface area (TPSA) is 82.8 Å². The first kappa shape index (κ1) is 15.4. The first-order chi connectivity index (χ1) is 9.88. The van der Waals surface area contributed by atoms with E-state index in [2.05, 4.69) is 5.32 Å². The molecular weight excluding hydrogens is 272 g/mol. The van der Waals surface area contributed by atoms with Gasteiger partial charge in [0.15, 0.2) is 0 Å². The molecule has 1 saturated carbocycles. The van der Waals surface area contributed by atoms with E-state index in [-0.39, 0.29) is 24.2 Å². The Hall–Kier alpha value is -1.98. The summed E-state index contributed by atoms with van der Waals surface area (Å²) in [5, 5.41) is 11.8. The van der Waals surface area contributed by atoms with E-state index in [1.165, 1.54) is 18.9 Å². The number of urea groups is 1. The third-order valence-corrected chi connectivity index (χ3v) is 3.65. The molecule has 0 aromatic carbocycles. The third kappa shape index (κ3) is 4.00. The summed E-state index contributed by atoms with van der Waals surface area (Å²) in [7, 11) is 0. The van der Waals surface area contributed by atoms with Gasteiger partial charge in [0, 0.05) is 12.6 Å². The van der Waals surface area contributed by atoms with Crippen LogP contribution in [-0.4, -0.2) is 34.6 Å². The van der Waals surface area contributed by atoms with Gasteiger partial charge in [-0.1, -0.05) is 0 Å². The standard InChI is InChI=1S/C15H22N2O4/c1-9(2)17(8-11-4-5-11)15(20)16-7-12-6-13(14(18)19)10(3)21-12/h6,9,11H,4-5,7-8H2,1-3H3,(H,16,20)(H,18,19). The highest BCUT2D eigenvalue weighted by atomic mass is 16.4. The van der Waals surface area contributed by atoms with Crippen LogP contribution in [0.3, 0.4) is 0 Å². The Morgan fingerprint density at radius 3 is 2.62 bits per heavy atom. The second-order valence-electron chi connectivity index (χ2n) is 5.84. The molecule has 1 aromatic rings. The van der Waals surface area contributed by atoms with Gasteiger partial charge in [-0.2, -0.15) is 0 Å². The van der Waals surface area contributed by atoms with Crippen molar-refractivity contribution in [3.8, 4) is 0 Å². The molecule has 2 amide bonds. The fourth-order valence-corrected chi connectivity index (χ4v) is 2.21. The van der Waals surface area contributed by atoms with Gasteiger partial charge in [0.25, 0.3) is 0 Å². The Labute approximate surface area is 124 Å². The zero-order valence-corrected chi connectivity index (χ0v) is 12.7. The zero-order valence-electron chi connectivity index (χ0n) is 12.7. The predicted molar refractivity (Wildman–Crippen MR) is 77.2 cm³/mol. The number of hydrogen-bond acceptors (Lipinski definition) is 3. The molecule has 1 fully saturated rings. The molecule has 1 heterocycles. The molecule has 2 N–H and O–H groups in total. The van der Waals surface area contributed by atoms with Crippen molar-refractivity contribution in [3.05, 3.63) is 23.2 Å². The van der Waals surface area contributed by atoms with Crippen LogP contribution in [0.25, 0.3) is 0 Å². The van der Waals surface area contributed by atoms with E-state index in [1.807, 2.05) is 18.7 Å². The highest BCUT2D eigenvalue weighted by Crippen LogP contribution is 2.30. The van der Waals surface area contributed by atoms with E-state index in [4.69, 9.17) is 9.52 Å². The van der Waals surface area contributed by atoms with Crippen molar-refractivity contribution in [3.63, 3.8) is 0 Å². The number of aryl methyl sites for hydroxylation is 1. The van der Waals surface area contributed by atoms with Crippen LogP contribution >= 0.6 is 0 Å². The average molecular weight is 294 g/mol. The minimum atomic E-state index is -1.02. The number of amides is 2. The fraction of sp³-hybridized carbons (Fsp3) is 0.600. The molecule has 0 aliphatic heterocycles. The molecule has 1 aliphatic carbocycles. The number of hydrogen-bond donors (Lipinski definition) is 2. The van der Waals surface area contributed by atoms with Crippen molar-refractivity contribution >= 4 is 12.0 Å². The minimum absolute atomic E-state index is 0.136. The van der Waals surface area contributed by atoms with Crippen LogP contribution in [-0.2, 0) is 6.54 Å². The highest BCUT2D eigenvalue weighted by Gasteiger charge is 2.28. The first-order valence-corrected chi connectivity index (χ1v) is 7.25. The maximum absolute atomic E-state index is 12.2. The number of rotatable bonds is 6. The predicted octanol–water partition coefficient (Wildman–Crippen LogP) is 2.62. The van der Waals surface area contributed by atoms with Gasteiger partial charge < -0.3 is 19.7 Å². The smallest absolute Gasteiger partial charge is 0.339 e. The summed E-state index contributed by atoms with van der Waals surface area (Å²) in [6, 6.07) is 1.46. The quantitative estimate of drug-likeness (QED) is 0.845. The molecule has 0 atom stereocenters. The second-order valence-corrected chi connectivity index (χ2v) is 5.84. The molecular formula is C15H22N2O4. The summed E-state index contributed by atoms with van der Waals surface area (Å²) < 4.78 is 5.35. The maximum atomic E-state index is 12.2. The molecule has 0 unspecified atom stereocenters. The van der Waals surface area contributed by atoms with Crippen molar-refractivity contribution < 1.29 is 19.1 Å². The monoisotopic (exact) mass is 294 g/mol. The first-order valence-electron chi connectivity index (χ1n) is 7.25. The van der Waals surface area contributed by atoms with Crippen LogP contribution in [0, 0.1) is 12.8 Å². The van der Waals surface area contributed by atoms with Crippen molar-refractivity contribution in [2.24, 2.45) is 5.92 Å². The van der Waals surface area contributed by atoms with Gasteiger partial charge in [-0.15, -0.1) is 0 Å². The van der Waals surface area contributed by atoms with E-state index >= 15 is 0 Å². The van der Waals surface area contributed by atoms with E-state index < -0.39 is 5.97 Å². The van der Waals surface area contributed by atoms with E-state index in [0.717, 1.165) is 6.54 Å². The number of carboxylic acid groups (broad SMARTS) is 1. The Balaban J connectivity index is 1.92. The average Bonchev–Trinajstić information content (AvgIpc) is 3.14. The van der Waals surface area contributed by atoms with E-state index in [1.54, 1.807) is 6.92 Å². The van der Waals surface area contributed by atoms with Gasteiger partial charge in [-0.3, -0.25) is 0 Å². The largest absolute Gasteiger partial charge is 0.478 e. The van der Waals surface area contributed by atoms with Gasteiger partial charge in [0.1, 0.15) is 17.1 Å². The summed E-state index contributed by atoms with van der Waals surface area (Å²) >= 11 is 0. The van der Waals surface area contributed by atoms with Gasteiger partial charge in [-0.25, -0.2) is 9.59 Å². The molecule has 0 saturated heterocycles. The number of aromatic carboxylic acids is 1. The number of nitrogens with one attached hydrogen (secondary N) is 1. The van der Waals surface area contributed by atoms with Crippen LogP contribution in [0.4, 0.5) is 4.79 Å². The number of carbonyl (C=O) groups excluding carboxylic acids is 1. The zero-order chi connectivity index (χ0) is 15.6. The van der Waals surface area contributed by atoms with Crippen LogP contribution in [0.15, 0.2) is 10.5 Å². The molecule has 116 valence electrons. The lowest BCUT2D eigenvalue weighted by Crippen LogP contribution is -2.44. The lowest BCUT2D eigenvalue weighted by atomic mass is 10.2. The summed E-state index contributed by atoms with van der Waals surface area (Å²) in [6.45, 7) is 6.55. The number of carboxylic acids is 1. The lowest BCUT2D eigenvalue weighted by Gasteiger charge is -2.26. The van der Waals surface area contributed by atoms with Gasteiger partial charge in [0.05, 0.1) is 6.54 Å². The van der Waals surface area contributed by atoms with Crippen LogP contribution < -0.4 is 5.32 Å². The maximum Gasteiger partial charge on any atom is 0.339 e. The van der Waals surface area contributed by atoms with Gasteiger partial charge in [0.2, 0.25) is 0 Å². The van der Waals surface area contributed by atoms with E-state index in [9.17, 15) is 9.59 Å². The summed E-state index contributed by atoms with van der Waals surface area (Å²) in [5.74, 6) is 0.410. The molecule has 0 bridgehead atoms. The molecule has 6 heteroatoms. The Bertz CT molecular complexity index is 532. The lowest BCUT2D eigenvalue weighted by molar-refractivity contribution is 0.0695. The summed E-state index contributed by atoms with van der Waals surface area (Å²) in [5.41, 5.74) is 0.137. The molecule has 0 spiro atoms. The highest BCUT2D eigenvalue weighted by molar-refractivity contribution is 5.88. The van der Waals surface area contributed by atoms with Crippen LogP contribution in [0.1, 0.15) is 48.6 Å². The van der Waals surface area contributed by atoms with Crippen molar-refractivity contribution in [2.75, 3.05) is 6.54 Å². The molecule has 21 heavy (non-hydrogen) atoms. The van der Waals surface area contributed by atoms with Crippen LogP contribution in [0.2, 0.25) is 0 Å². The van der Waals surface area contributed by atoms with Crippen molar-refractivity contribution in [1.82, 2.24) is 10.2 Å². The Morgan fingerprint density at radius 2 is 2.14 bits per heavy atom. The van der Waals surface area contributed by atoms with Crippen molar-refractivity contribution in [1.29, 1.82) is 0 Å². The SMILES string of the molecule is Cc1oc(CNC(=O)N(CC2CC2)C(C)C)cc1C(=O)O. The van der Waals surface area contributed by atoms with Crippen molar-refractivity contribution in [2.45, 2.75) is 46.2 Å². The summed E-state index contributed by atoms with van der Waals surface area (Å²) in [4.78, 5) is 25.0. The summed E-state index contributed by atoms with van der Waals surface area (Å²) in [6.07, 6.45) is 2.38. The minimum Gasteiger partial charge on any atom is -0.478 e. The fourth-order valence-electron chi connectivity index (χ4n) is 2.21. The molecule has 1 aliphatic rings. The number of furan rings is 1. The Morgan fingerprint density at radius 1 is 1.48 bits per heavy atom. The normalized spacial score (nSPS) is 14.3. The van der Waals surface area contributed by atoms with Gasteiger partial charge in [-0.05, 0) is 45.6 Å². The Kier molecular flexibility index (Phi) is 4.55.